The van der Waals surface area contributed by atoms with Gasteiger partial charge in [-0.05, 0) is 99.9 Å². The van der Waals surface area contributed by atoms with E-state index in [1.807, 2.05) is 6.07 Å². The lowest BCUT2D eigenvalue weighted by atomic mass is 9.83. The lowest BCUT2D eigenvalue weighted by Crippen LogP contribution is -1.97. The Bertz CT molecular complexity index is 3340. The predicted octanol–water partition coefficient (Wildman–Crippen LogP) is 14.6. The molecule has 11 aromatic rings. The van der Waals surface area contributed by atoms with Gasteiger partial charge < -0.3 is 0 Å². The quantitative estimate of drug-likeness (QED) is 0.170. The SMILES string of the molecule is c1ccc(-c2nc(-c3ccccc3)c3c(n2)-c2cccc4c(-c5c6ccccc6c(-c6ccc7cc8ccccc8cc7c6)c6ccccc56)ccc-3c24)cc1. The molecule has 0 fully saturated rings. The second-order valence-electron chi connectivity index (χ2n) is 14.8. The van der Waals surface area contributed by atoms with E-state index in [1.165, 1.54) is 81.7 Å². The van der Waals surface area contributed by atoms with Gasteiger partial charge in [0.05, 0.1) is 11.4 Å². The second-order valence-corrected chi connectivity index (χ2v) is 14.8. The summed E-state index contributed by atoms with van der Waals surface area (Å²) in [4.78, 5) is 10.6. The summed E-state index contributed by atoms with van der Waals surface area (Å²) in [5.74, 6) is 0.739. The smallest absolute Gasteiger partial charge is 0.160 e. The zero-order chi connectivity index (χ0) is 36.7. The molecule has 0 spiro atoms. The first kappa shape index (κ1) is 31.0. The second kappa shape index (κ2) is 12.0. The van der Waals surface area contributed by atoms with Crippen molar-refractivity contribution in [3.05, 3.63) is 194 Å². The number of nitrogens with zero attached hydrogens (tertiary/aromatic N) is 2. The van der Waals surface area contributed by atoms with Crippen LogP contribution in [0.4, 0.5) is 0 Å². The Balaban J connectivity index is 1.12. The normalized spacial score (nSPS) is 11.9. The molecule has 1 aliphatic rings. The topological polar surface area (TPSA) is 25.8 Å². The highest BCUT2D eigenvalue weighted by molar-refractivity contribution is 6.27. The first-order chi connectivity index (χ1) is 27.8. The van der Waals surface area contributed by atoms with Crippen LogP contribution in [-0.4, -0.2) is 9.97 Å². The third-order valence-corrected chi connectivity index (χ3v) is 11.7. The fourth-order valence-corrected chi connectivity index (χ4v) is 9.29. The van der Waals surface area contributed by atoms with Gasteiger partial charge in [-0.15, -0.1) is 0 Å². The van der Waals surface area contributed by atoms with E-state index in [2.05, 4.69) is 188 Å². The molecule has 56 heavy (non-hydrogen) atoms. The lowest BCUT2D eigenvalue weighted by molar-refractivity contribution is 1.19. The van der Waals surface area contributed by atoms with Crippen molar-refractivity contribution in [3.8, 4) is 67.3 Å². The van der Waals surface area contributed by atoms with Crippen LogP contribution in [0.1, 0.15) is 0 Å². The standard InChI is InChI=1S/C54H32N2/c1-3-14-33(15-4-1)52-51-46-29-28-45(44-24-13-25-47(50(44)46)53(51)56-54(55-52)34-16-5-2-6-17-34)49-42-22-11-9-20-40(42)48(41-21-10-12-23-43(41)49)38-27-26-37-30-35-18-7-8-19-36(35)31-39(37)32-38/h1-32H. The highest BCUT2D eigenvalue weighted by Crippen LogP contribution is 2.53. The maximum absolute atomic E-state index is 5.32. The Morgan fingerprint density at radius 2 is 0.804 bits per heavy atom. The van der Waals surface area contributed by atoms with E-state index in [-0.39, 0.29) is 0 Å². The summed E-state index contributed by atoms with van der Waals surface area (Å²) in [5.41, 5.74) is 12.5. The van der Waals surface area contributed by atoms with E-state index in [9.17, 15) is 0 Å². The van der Waals surface area contributed by atoms with Crippen LogP contribution in [0.2, 0.25) is 0 Å². The minimum absolute atomic E-state index is 0.739. The molecular formula is C54H32N2. The van der Waals surface area contributed by atoms with Crippen molar-refractivity contribution in [1.29, 1.82) is 0 Å². The fraction of sp³-hybridized carbons (Fsp3) is 0. The summed E-state index contributed by atoms with van der Waals surface area (Å²) in [5, 5.41) is 12.5. The fourth-order valence-electron chi connectivity index (χ4n) is 9.29. The highest BCUT2D eigenvalue weighted by atomic mass is 14.9. The molecule has 2 heteroatoms. The maximum atomic E-state index is 5.32. The van der Waals surface area contributed by atoms with Crippen molar-refractivity contribution in [3.63, 3.8) is 0 Å². The van der Waals surface area contributed by atoms with Gasteiger partial charge in [-0.2, -0.15) is 0 Å². The zero-order valence-electron chi connectivity index (χ0n) is 30.4. The summed E-state index contributed by atoms with van der Waals surface area (Å²) in [6, 6.07) is 70.4. The first-order valence-electron chi connectivity index (χ1n) is 19.2. The first-order valence-corrected chi connectivity index (χ1v) is 19.2. The summed E-state index contributed by atoms with van der Waals surface area (Å²) in [6.07, 6.45) is 0. The lowest BCUT2D eigenvalue weighted by Gasteiger charge is -2.19. The van der Waals surface area contributed by atoms with Crippen LogP contribution in [0.5, 0.6) is 0 Å². The summed E-state index contributed by atoms with van der Waals surface area (Å²) in [6.45, 7) is 0. The van der Waals surface area contributed by atoms with Crippen LogP contribution in [0, 0.1) is 0 Å². The van der Waals surface area contributed by atoms with Gasteiger partial charge in [0.25, 0.3) is 0 Å². The van der Waals surface area contributed by atoms with Crippen LogP contribution < -0.4 is 0 Å². The van der Waals surface area contributed by atoms with Crippen molar-refractivity contribution in [2.24, 2.45) is 0 Å². The Morgan fingerprint density at radius 1 is 0.268 bits per heavy atom. The molecule has 0 saturated carbocycles. The molecular weight excluding hydrogens is 677 g/mol. The van der Waals surface area contributed by atoms with Crippen LogP contribution in [0.15, 0.2) is 194 Å². The molecule has 0 bridgehead atoms. The van der Waals surface area contributed by atoms with E-state index in [0.717, 1.165) is 39.5 Å². The average Bonchev–Trinajstić information content (AvgIpc) is 3.59. The highest BCUT2D eigenvalue weighted by Gasteiger charge is 2.30. The van der Waals surface area contributed by atoms with Crippen molar-refractivity contribution in [2.75, 3.05) is 0 Å². The van der Waals surface area contributed by atoms with Gasteiger partial charge in [0.1, 0.15) is 0 Å². The molecule has 2 nitrogen and oxygen atoms in total. The van der Waals surface area contributed by atoms with Crippen molar-refractivity contribution in [1.82, 2.24) is 9.97 Å². The number of benzene rings is 10. The molecule has 1 aliphatic carbocycles. The minimum atomic E-state index is 0.739. The van der Waals surface area contributed by atoms with Crippen LogP contribution in [-0.2, 0) is 0 Å². The Hall–Kier alpha value is -7.42. The molecule has 0 unspecified atom stereocenters. The van der Waals surface area contributed by atoms with Crippen LogP contribution >= 0.6 is 0 Å². The van der Waals surface area contributed by atoms with Gasteiger partial charge in [0, 0.05) is 22.3 Å². The summed E-state index contributed by atoms with van der Waals surface area (Å²) < 4.78 is 0. The van der Waals surface area contributed by atoms with E-state index >= 15 is 0 Å². The molecule has 258 valence electrons. The average molecular weight is 709 g/mol. The number of aromatic nitrogens is 2. The molecule has 0 atom stereocenters. The minimum Gasteiger partial charge on any atom is -0.227 e. The number of hydrogen-bond donors (Lipinski definition) is 0. The molecule has 0 aliphatic heterocycles. The van der Waals surface area contributed by atoms with E-state index in [0.29, 0.717) is 0 Å². The van der Waals surface area contributed by atoms with Gasteiger partial charge in [0.15, 0.2) is 5.82 Å². The van der Waals surface area contributed by atoms with Crippen molar-refractivity contribution >= 4 is 53.9 Å². The van der Waals surface area contributed by atoms with E-state index in [4.69, 9.17) is 9.97 Å². The third-order valence-electron chi connectivity index (χ3n) is 11.7. The van der Waals surface area contributed by atoms with Crippen LogP contribution in [0.3, 0.4) is 0 Å². The molecule has 0 saturated heterocycles. The van der Waals surface area contributed by atoms with E-state index in [1.54, 1.807) is 0 Å². The molecule has 0 radical (unpaired) electrons. The maximum Gasteiger partial charge on any atom is 0.160 e. The third kappa shape index (κ3) is 4.57. The zero-order valence-corrected chi connectivity index (χ0v) is 30.4. The molecule has 1 heterocycles. The van der Waals surface area contributed by atoms with E-state index < -0.39 is 0 Å². The molecule has 0 amide bonds. The van der Waals surface area contributed by atoms with Gasteiger partial charge in [-0.1, -0.05) is 176 Å². The van der Waals surface area contributed by atoms with Gasteiger partial charge in [-0.25, -0.2) is 9.97 Å². The van der Waals surface area contributed by atoms with Gasteiger partial charge in [-0.3, -0.25) is 0 Å². The number of rotatable bonds is 4. The van der Waals surface area contributed by atoms with Crippen molar-refractivity contribution in [2.45, 2.75) is 0 Å². The largest absolute Gasteiger partial charge is 0.227 e. The number of fused-ring (bicyclic) bond motifs is 7. The molecule has 1 aromatic heterocycles. The van der Waals surface area contributed by atoms with Crippen molar-refractivity contribution < 1.29 is 0 Å². The molecule has 0 N–H and O–H groups in total. The predicted molar refractivity (Wildman–Crippen MR) is 236 cm³/mol. The number of hydrogen-bond acceptors (Lipinski definition) is 2. The molecule has 10 aromatic carbocycles. The van der Waals surface area contributed by atoms with Gasteiger partial charge in [0.2, 0.25) is 0 Å². The Labute approximate surface area is 324 Å². The summed E-state index contributed by atoms with van der Waals surface area (Å²) >= 11 is 0. The Kier molecular flexibility index (Phi) is 6.66. The van der Waals surface area contributed by atoms with Gasteiger partial charge >= 0.3 is 0 Å². The van der Waals surface area contributed by atoms with Crippen LogP contribution in [0.25, 0.3) is 121 Å². The molecule has 12 rings (SSSR count). The monoisotopic (exact) mass is 708 g/mol. The Morgan fingerprint density at radius 3 is 1.50 bits per heavy atom. The summed E-state index contributed by atoms with van der Waals surface area (Å²) in [7, 11) is 0.